The van der Waals surface area contributed by atoms with Gasteiger partial charge >= 0.3 is 0 Å². The number of benzene rings is 1. The highest BCUT2D eigenvalue weighted by atomic mass is 16.5. The lowest BCUT2D eigenvalue weighted by Gasteiger charge is -2.09. The maximum atomic E-state index is 5.48. The van der Waals surface area contributed by atoms with Crippen LogP contribution in [0.3, 0.4) is 0 Å². The monoisotopic (exact) mass is 251 g/mol. The van der Waals surface area contributed by atoms with Crippen LogP contribution in [0.5, 0.6) is 0 Å². The van der Waals surface area contributed by atoms with Gasteiger partial charge in [-0.1, -0.05) is 26.0 Å². The van der Waals surface area contributed by atoms with Crippen LogP contribution in [0.15, 0.2) is 24.3 Å². The molecule has 3 nitrogen and oxygen atoms in total. The highest BCUT2D eigenvalue weighted by Crippen LogP contribution is 2.16. The lowest BCUT2D eigenvalue weighted by atomic mass is 10.0. The fourth-order valence-corrected chi connectivity index (χ4v) is 1.66. The van der Waals surface area contributed by atoms with Crippen LogP contribution >= 0.6 is 0 Å². The lowest BCUT2D eigenvalue weighted by Crippen LogP contribution is -2.10. The topological polar surface area (TPSA) is 30.5 Å². The predicted octanol–water partition coefficient (Wildman–Crippen LogP) is 3.28. The Morgan fingerprint density at radius 1 is 1.06 bits per heavy atom. The largest absolute Gasteiger partial charge is 0.385 e. The number of nitrogens with one attached hydrogen (secondary N) is 1. The van der Waals surface area contributed by atoms with E-state index in [1.807, 2.05) is 0 Å². The molecule has 0 aliphatic rings. The maximum absolute atomic E-state index is 5.48. The molecule has 0 atom stereocenters. The quantitative estimate of drug-likeness (QED) is 0.683. The van der Waals surface area contributed by atoms with Gasteiger partial charge in [0, 0.05) is 32.6 Å². The minimum Gasteiger partial charge on any atom is -0.385 e. The zero-order valence-electron chi connectivity index (χ0n) is 11.7. The molecule has 0 saturated carbocycles. The molecule has 0 bridgehead atoms. The Balaban J connectivity index is 2.12. The van der Waals surface area contributed by atoms with Gasteiger partial charge in [0.25, 0.3) is 0 Å². The first kappa shape index (κ1) is 15.0. The second-order valence-corrected chi connectivity index (χ2v) is 4.66. The predicted molar refractivity (Wildman–Crippen MR) is 76.3 cm³/mol. The van der Waals surface area contributed by atoms with Crippen LogP contribution in [0, 0.1) is 0 Å². The summed E-state index contributed by atoms with van der Waals surface area (Å²) in [7, 11) is 1.71. The second-order valence-electron chi connectivity index (χ2n) is 4.66. The van der Waals surface area contributed by atoms with Crippen LogP contribution < -0.4 is 5.32 Å². The normalized spacial score (nSPS) is 10.9. The van der Waals surface area contributed by atoms with Crippen molar-refractivity contribution in [3.63, 3.8) is 0 Å². The Morgan fingerprint density at radius 3 is 2.39 bits per heavy atom. The highest BCUT2D eigenvalue weighted by Gasteiger charge is 1.98. The van der Waals surface area contributed by atoms with Crippen molar-refractivity contribution < 1.29 is 9.47 Å². The van der Waals surface area contributed by atoms with E-state index in [9.17, 15) is 0 Å². The summed E-state index contributed by atoms with van der Waals surface area (Å²) in [5.74, 6) is 0.586. The van der Waals surface area contributed by atoms with Crippen molar-refractivity contribution in [2.24, 2.45) is 0 Å². The summed E-state index contributed by atoms with van der Waals surface area (Å²) in [4.78, 5) is 0. The zero-order chi connectivity index (χ0) is 13.2. The van der Waals surface area contributed by atoms with Gasteiger partial charge in [0.2, 0.25) is 0 Å². The van der Waals surface area contributed by atoms with Gasteiger partial charge in [0.1, 0.15) is 0 Å². The lowest BCUT2D eigenvalue weighted by molar-refractivity contribution is 0.109. The number of anilines is 1. The molecule has 0 aliphatic heterocycles. The van der Waals surface area contributed by atoms with Crippen LogP contribution in [0.4, 0.5) is 5.69 Å². The molecule has 0 amide bonds. The molecule has 1 N–H and O–H groups in total. The number of hydrogen-bond acceptors (Lipinski definition) is 3. The molecule has 1 aromatic carbocycles. The molecule has 18 heavy (non-hydrogen) atoms. The van der Waals surface area contributed by atoms with Gasteiger partial charge in [-0.3, -0.25) is 0 Å². The van der Waals surface area contributed by atoms with Crippen molar-refractivity contribution >= 4 is 5.69 Å². The van der Waals surface area contributed by atoms with Gasteiger partial charge in [-0.25, -0.2) is 0 Å². The Kier molecular flexibility index (Phi) is 7.46. The zero-order valence-corrected chi connectivity index (χ0v) is 11.7. The minimum atomic E-state index is 0.586. The van der Waals surface area contributed by atoms with E-state index in [1.54, 1.807) is 7.11 Å². The summed E-state index contributed by atoms with van der Waals surface area (Å²) >= 11 is 0. The van der Waals surface area contributed by atoms with Crippen LogP contribution in [0.2, 0.25) is 0 Å². The van der Waals surface area contributed by atoms with E-state index in [1.165, 1.54) is 5.56 Å². The van der Waals surface area contributed by atoms with Crippen LogP contribution in [-0.4, -0.2) is 33.5 Å². The van der Waals surface area contributed by atoms with Gasteiger partial charge < -0.3 is 14.8 Å². The highest BCUT2D eigenvalue weighted by molar-refractivity contribution is 5.45. The SMILES string of the molecule is COCCCOCCNc1ccc(C(C)C)cc1. The number of rotatable bonds is 9. The number of hydrogen-bond donors (Lipinski definition) is 1. The Hall–Kier alpha value is -1.06. The molecule has 1 aromatic rings. The molecule has 0 heterocycles. The van der Waals surface area contributed by atoms with Crippen molar-refractivity contribution in [1.82, 2.24) is 0 Å². The third-order valence-corrected chi connectivity index (χ3v) is 2.79. The first-order valence-corrected chi connectivity index (χ1v) is 6.64. The molecule has 102 valence electrons. The van der Waals surface area contributed by atoms with Crippen molar-refractivity contribution in [3.05, 3.63) is 29.8 Å². The van der Waals surface area contributed by atoms with Gasteiger partial charge in [-0.15, -0.1) is 0 Å². The molecule has 1 rings (SSSR count). The standard InChI is InChI=1S/C15H25NO2/c1-13(2)14-5-7-15(8-6-14)16-9-12-18-11-4-10-17-3/h5-8,13,16H,4,9-12H2,1-3H3. The van der Waals surface area contributed by atoms with Crippen molar-refractivity contribution in [1.29, 1.82) is 0 Å². The van der Waals surface area contributed by atoms with E-state index >= 15 is 0 Å². The average molecular weight is 251 g/mol. The van der Waals surface area contributed by atoms with Crippen LogP contribution in [0.1, 0.15) is 31.7 Å². The molecular formula is C15H25NO2. The van der Waals surface area contributed by atoms with Crippen molar-refractivity contribution in [2.75, 3.05) is 38.8 Å². The first-order chi connectivity index (χ1) is 8.74. The molecule has 0 fully saturated rings. The van der Waals surface area contributed by atoms with Crippen molar-refractivity contribution in [3.8, 4) is 0 Å². The Bertz CT molecular complexity index is 309. The smallest absolute Gasteiger partial charge is 0.0639 e. The number of methoxy groups -OCH3 is 1. The van der Waals surface area contributed by atoms with Gasteiger partial charge in [-0.2, -0.15) is 0 Å². The van der Waals surface area contributed by atoms with Crippen molar-refractivity contribution in [2.45, 2.75) is 26.2 Å². The molecule has 0 aromatic heterocycles. The van der Waals surface area contributed by atoms with E-state index in [0.29, 0.717) is 5.92 Å². The fourth-order valence-electron chi connectivity index (χ4n) is 1.66. The number of ether oxygens (including phenoxy) is 2. The average Bonchev–Trinajstić information content (AvgIpc) is 2.38. The molecule has 0 saturated heterocycles. The Labute approximate surface area is 110 Å². The molecular weight excluding hydrogens is 226 g/mol. The van der Waals surface area contributed by atoms with Crippen LogP contribution in [0.25, 0.3) is 0 Å². The third-order valence-electron chi connectivity index (χ3n) is 2.79. The van der Waals surface area contributed by atoms with E-state index < -0.39 is 0 Å². The Morgan fingerprint density at radius 2 is 1.78 bits per heavy atom. The molecule has 0 unspecified atom stereocenters. The summed E-state index contributed by atoms with van der Waals surface area (Å²) in [6.07, 6.45) is 0.958. The van der Waals surface area contributed by atoms with Gasteiger partial charge in [0.05, 0.1) is 6.61 Å². The van der Waals surface area contributed by atoms with E-state index in [2.05, 4.69) is 43.4 Å². The fraction of sp³-hybridized carbons (Fsp3) is 0.600. The van der Waals surface area contributed by atoms with E-state index in [0.717, 1.165) is 38.5 Å². The summed E-state index contributed by atoms with van der Waals surface area (Å²) in [6, 6.07) is 8.60. The van der Waals surface area contributed by atoms with E-state index in [-0.39, 0.29) is 0 Å². The maximum Gasteiger partial charge on any atom is 0.0639 e. The summed E-state index contributed by atoms with van der Waals surface area (Å²) in [5.41, 5.74) is 2.52. The first-order valence-electron chi connectivity index (χ1n) is 6.64. The molecule has 0 aliphatic carbocycles. The van der Waals surface area contributed by atoms with Crippen LogP contribution in [-0.2, 0) is 9.47 Å². The summed E-state index contributed by atoms with van der Waals surface area (Å²) in [6.45, 7) is 7.52. The molecule has 0 spiro atoms. The third kappa shape index (κ3) is 6.03. The second kappa shape index (κ2) is 8.95. The van der Waals surface area contributed by atoms with Gasteiger partial charge in [0.15, 0.2) is 0 Å². The molecule has 3 heteroatoms. The molecule has 0 radical (unpaired) electrons. The summed E-state index contributed by atoms with van der Waals surface area (Å²) < 4.78 is 10.4. The minimum absolute atomic E-state index is 0.586. The van der Waals surface area contributed by atoms with Gasteiger partial charge in [-0.05, 0) is 30.0 Å². The van der Waals surface area contributed by atoms with E-state index in [4.69, 9.17) is 9.47 Å². The summed E-state index contributed by atoms with van der Waals surface area (Å²) in [5, 5.41) is 3.35.